The number of thiocarbonyl (C=S) groups is 1. The second-order valence-electron chi connectivity index (χ2n) is 2.56. The third kappa shape index (κ3) is 2.40. The standard InChI is InChI=1S/C9H11NO2S/c1-10(11)9(13)7-3-5-8(12-2)6-4-7/h3-6,11H,1-2H3. The van der Waals surface area contributed by atoms with Crippen LogP contribution in [0.4, 0.5) is 0 Å². The van der Waals surface area contributed by atoms with E-state index >= 15 is 0 Å². The highest BCUT2D eigenvalue weighted by Crippen LogP contribution is 2.12. The number of benzene rings is 1. The molecule has 0 saturated heterocycles. The summed E-state index contributed by atoms with van der Waals surface area (Å²) in [5, 5.41) is 9.98. The van der Waals surface area contributed by atoms with Gasteiger partial charge in [-0.2, -0.15) is 0 Å². The summed E-state index contributed by atoms with van der Waals surface area (Å²) in [7, 11) is 3.10. The molecule has 0 aliphatic heterocycles. The van der Waals surface area contributed by atoms with E-state index in [0.29, 0.717) is 4.99 Å². The van der Waals surface area contributed by atoms with Crippen molar-refractivity contribution in [2.45, 2.75) is 0 Å². The van der Waals surface area contributed by atoms with Crippen LogP contribution in [0.25, 0.3) is 0 Å². The van der Waals surface area contributed by atoms with Crippen LogP contribution in [0.5, 0.6) is 5.75 Å². The lowest BCUT2D eigenvalue weighted by atomic mass is 10.2. The number of rotatable bonds is 2. The van der Waals surface area contributed by atoms with Crippen molar-refractivity contribution >= 4 is 17.2 Å². The van der Waals surface area contributed by atoms with Crippen molar-refractivity contribution < 1.29 is 9.94 Å². The number of hydroxylamine groups is 2. The van der Waals surface area contributed by atoms with Crippen molar-refractivity contribution in [1.29, 1.82) is 0 Å². The van der Waals surface area contributed by atoms with Crippen LogP contribution in [0.3, 0.4) is 0 Å². The lowest BCUT2D eigenvalue weighted by Gasteiger charge is -2.11. The molecule has 1 aromatic carbocycles. The van der Waals surface area contributed by atoms with E-state index in [1.54, 1.807) is 31.4 Å². The Bertz CT molecular complexity index is 295. The molecule has 1 aromatic rings. The van der Waals surface area contributed by atoms with Crippen molar-refractivity contribution in [3.05, 3.63) is 29.8 Å². The predicted molar refractivity (Wildman–Crippen MR) is 54.2 cm³/mol. The Labute approximate surface area is 82.5 Å². The maximum atomic E-state index is 9.06. The zero-order chi connectivity index (χ0) is 9.84. The summed E-state index contributed by atoms with van der Waals surface area (Å²) in [6, 6.07) is 7.19. The monoisotopic (exact) mass is 197 g/mol. The van der Waals surface area contributed by atoms with Crippen molar-refractivity contribution in [3.8, 4) is 5.75 Å². The highest BCUT2D eigenvalue weighted by Gasteiger charge is 2.03. The highest BCUT2D eigenvalue weighted by molar-refractivity contribution is 7.80. The molecule has 1 rings (SSSR count). The molecule has 0 unspecified atom stereocenters. The number of hydrogen-bond acceptors (Lipinski definition) is 3. The van der Waals surface area contributed by atoms with Crippen molar-refractivity contribution in [3.63, 3.8) is 0 Å². The molecule has 70 valence electrons. The van der Waals surface area contributed by atoms with Crippen LogP contribution < -0.4 is 4.74 Å². The maximum Gasteiger partial charge on any atom is 0.133 e. The Morgan fingerprint density at radius 3 is 2.31 bits per heavy atom. The molecule has 13 heavy (non-hydrogen) atoms. The quantitative estimate of drug-likeness (QED) is 0.577. The third-order valence-corrected chi connectivity index (χ3v) is 2.13. The first-order valence-electron chi connectivity index (χ1n) is 3.76. The fourth-order valence-corrected chi connectivity index (χ4v) is 1.06. The van der Waals surface area contributed by atoms with Crippen LogP contribution in [0.15, 0.2) is 24.3 Å². The Hall–Kier alpha value is -1.13. The molecule has 4 heteroatoms. The summed E-state index contributed by atoms with van der Waals surface area (Å²) in [6.07, 6.45) is 0. The van der Waals surface area contributed by atoms with Gasteiger partial charge in [0.1, 0.15) is 10.7 Å². The minimum absolute atomic E-state index is 0.391. The first-order chi connectivity index (χ1) is 6.15. The SMILES string of the molecule is COc1ccc(C(=S)N(C)O)cc1. The first-order valence-corrected chi connectivity index (χ1v) is 4.17. The van der Waals surface area contributed by atoms with Crippen molar-refractivity contribution in [2.75, 3.05) is 14.2 Å². The average molecular weight is 197 g/mol. The number of ether oxygens (including phenoxy) is 1. The van der Waals surface area contributed by atoms with Crippen LogP contribution in [-0.2, 0) is 0 Å². The van der Waals surface area contributed by atoms with Gasteiger partial charge in [0.05, 0.1) is 7.11 Å². The second-order valence-corrected chi connectivity index (χ2v) is 2.94. The highest BCUT2D eigenvalue weighted by atomic mass is 32.1. The molecule has 0 aliphatic rings. The van der Waals surface area contributed by atoms with Gasteiger partial charge in [-0.1, -0.05) is 12.2 Å². The van der Waals surface area contributed by atoms with Gasteiger partial charge in [0.15, 0.2) is 0 Å². The van der Waals surface area contributed by atoms with Gasteiger partial charge in [0, 0.05) is 12.6 Å². The van der Waals surface area contributed by atoms with Crippen LogP contribution in [0, 0.1) is 0 Å². The smallest absolute Gasteiger partial charge is 0.133 e. The summed E-state index contributed by atoms with van der Waals surface area (Å²) in [5.74, 6) is 0.771. The van der Waals surface area contributed by atoms with Crippen molar-refractivity contribution in [2.24, 2.45) is 0 Å². The summed E-state index contributed by atoms with van der Waals surface area (Å²) in [4.78, 5) is 0.391. The zero-order valence-electron chi connectivity index (χ0n) is 7.52. The largest absolute Gasteiger partial charge is 0.497 e. The Kier molecular flexibility index (Phi) is 3.22. The number of nitrogens with zero attached hydrogens (tertiary/aromatic N) is 1. The van der Waals surface area contributed by atoms with Gasteiger partial charge in [0.2, 0.25) is 0 Å². The molecule has 1 N–H and O–H groups in total. The fraction of sp³-hybridized carbons (Fsp3) is 0.222. The first kappa shape index (κ1) is 9.95. The predicted octanol–water partition coefficient (Wildman–Crippen LogP) is 1.69. The van der Waals surface area contributed by atoms with E-state index in [4.69, 9.17) is 22.2 Å². The Morgan fingerprint density at radius 2 is 1.92 bits per heavy atom. The number of hydrogen-bond donors (Lipinski definition) is 1. The molecule has 0 aromatic heterocycles. The normalized spacial score (nSPS) is 9.46. The lowest BCUT2D eigenvalue weighted by molar-refractivity contribution is 0.0174. The Balaban J connectivity index is 2.86. The fourth-order valence-electron chi connectivity index (χ4n) is 0.920. The zero-order valence-corrected chi connectivity index (χ0v) is 8.34. The molecule has 0 heterocycles. The molecule has 0 fully saturated rings. The Morgan fingerprint density at radius 1 is 1.38 bits per heavy atom. The molecule has 0 radical (unpaired) electrons. The van der Waals surface area contributed by atoms with Gasteiger partial charge in [-0.25, -0.2) is 5.06 Å². The van der Waals surface area contributed by atoms with Gasteiger partial charge in [0.25, 0.3) is 0 Å². The maximum absolute atomic E-state index is 9.06. The minimum Gasteiger partial charge on any atom is -0.497 e. The van der Waals surface area contributed by atoms with Gasteiger partial charge in [-0.15, -0.1) is 0 Å². The van der Waals surface area contributed by atoms with Crippen LogP contribution in [-0.4, -0.2) is 29.4 Å². The van der Waals surface area contributed by atoms with E-state index < -0.39 is 0 Å². The molecule has 0 spiro atoms. The number of methoxy groups -OCH3 is 1. The average Bonchev–Trinajstić information content (AvgIpc) is 2.17. The van der Waals surface area contributed by atoms with E-state index in [9.17, 15) is 0 Å². The topological polar surface area (TPSA) is 32.7 Å². The molecular formula is C9H11NO2S. The molecular weight excluding hydrogens is 186 g/mol. The van der Waals surface area contributed by atoms with Crippen LogP contribution in [0.1, 0.15) is 5.56 Å². The van der Waals surface area contributed by atoms with Crippen LogP contribution in [0.2, 0.25) is 0 Å². The van der Waals surface area contributed by atoms with E-state index in [-0.39, 0.29) is 0 Å². The molecule has 0 atom stereocenters. The van der Waals surface area contributed by atoms with E-state index in [1.807, 2.05) is 0 Å². The molecule has 0 saturated carbocycles. The molecule has 3 nitrogen and oxygen atoms in total. The third-order valence-electron chi connectivity index (χ3n) is 1.63. The van der Waals surface area contributed by atoms with E-state index in [2.05, 4.69) is 0 Å². The summed E-state index contributed by atoms with van der Waals surface area (Å²) < 4.78 is 4.99. The summed E-state index contributed by atoms with van der Waals surface area (Å²) in [6.45, 7) is 0. The molecule has 0 aliphatic carbocycles. The summed E-state index contributed by atoms with van der Waals surface area (Å²) in [5.41, 5.74) is 0.792. The van der Waals surface area contributed by atoms with Gasteiger partial charge in [-0.05, 0) is 24.3 Å². The lowest BCUT2D eigenvalue weighted by Crippen LogP contribution is -2.21. The van der Waals surface area contributed by atoms with E-state index in [1.165, 1.54) is 7.05 Å². The molecule has 0 bridgehead atoms. The van der Waals surface area contributed by atoms with Crippen molar-refractivity contribution in [1.82, 2.24) is 5.06 Å². The van der Waals surface area contributed by atoms with Gasteiger partial charge < -0.3 is 4.74 Å². The minimum atomic E-state index is 0.391. The van der Waals surface area contributed by atoms with Gasteiger partial charge >= 0.3 is 0 Å². The molecule has 0 amide bonds. The second kappa shape index (κ2) is 4.20. The summed E-state index contributed by atoms with van der Waals surface area (Å²) >= 11 is 4.96. The van der Waals surface area contributed by atoms with Gasteiger partial charge in [-0.3, -0.25) is 5.21 Å². The van der Waals surface area contributed by atoms with Crippen LogP contribution >= 0.6 is 12.2 Å². The van der Waals surface area contributed by atoms with E-state index in [0.717, 1.165) is 16.4 Å².